The summed E-state index contributed by atoms with van der Waals surface area (Å²) in [6.07, 6.45) is 1.76. The lowest BCUT2D eigenvalue weighted by molar-refractivity contribution is -0.0686. The van der Waals surface area contributed by atoms with Gasteiger partial charge in [-0.1, -0.05) is 17.7 Å². The first-order valence-electron chi connectivity index (χ1n) is 7.21. The van der Waals surface area contributed by atoms with E-state index in [4.69, 9.17) is 9.47 Å². The fraction of sp³-hybridized carbons (Fsp3) is 0.625. The van der Waals surface area contributed by atoms with Crippen molar-refractivity contribution in [3.8, 4) is 5.75 Å². The average Bonchev–Trinajstić information content (AvgIpc) is 2.36. The van der Waals surface area contributed by atoms with Gasteiger partial charge in [-0.05, 0) is 39.3 Å². The number of ether oxygens (including phenoxy) is 2. The molecule has 1 aromatic carbocycles. The molecule has 0 saturated carbocycles. The fourth-order valence-electron chi connectivity index (χ4n) is 2.58. The van der Waals surface area contributed by atoms with Gasteiger partial charge in [-0.2, -0.15) is 0 Å². The molecule has 0 aromatic heterocycles. The lowest BCUT2D eigenvalue weighted by Crippen LogP contribution is -2.45. The molecule has 19 heavy (non-hydrogen) atoms. The summed E-state index contributed by atoms with van der Waals surface area (Å²) in [5.74, 6) is 0.967. The van der Waals surface area contributed by atoms with Crippen LogP contribution in [0.15, 0.2) is 24.3 Å². The van der Waals surface area contributed by atoms with Crippen molar-refractivity contribution in [3.05, 3.63) is 29.8 Å². The zero-order valence-corrected chi connectivity index (χ0v) is 12.3. The van der Waals surface area contributed by atoms with Crippen molar-refractivity contribution in [2.75, 3.05) is 26.2 Å². The van der Waals surface area contributed by atoms with Crippen LogP contribution in [0.25, 0.3) is 0 Å². The van der Waals surface area contributed by atoms with Crippen LogP contribution in [0, 0.1) is 6.92 Å². The molecule has 106 valence electrons. The predicted molar refractivity (Wildman–Crippen MR) is 77.7 cm³/mol. The quantitative estimate of drug-likeness (QED) is 0.763. The van der Waals surface area contributed by atoms with E-state index >= 15 is 0 Å². The van der Waals surface area contributed by atoms with Gasteiger partial charge in [0.05, 0.1) is 18.8 Å². The molecule has 0 N–H and O–H groups in total. The van der Waals surface area contributed by atoms with Crippen LogP contribution >= 0.6 is 0 Å². The van der Waals surface area contributed by atoms with Crippen LogP contribution in [0.2, 0.25) is 0 Å². The molecule has 0 spiro atoms. The van der Waals surface area contributed by atoms with Gasteiger partial charge in [0.25, 0.3) is 0 Å². The number of benzene rings is 1. The first-order valence-corrected chi connectivity index (χ1v) is 7.21. The second kappa shape index (κ2) is 6.92. The Bertz CT molecular complexity index is 367. The van der Waals surface area contributed by atoms with E-state index in [1.54, 1.807) is 0 Å². The van der Waals surface area contributed by atoms with Gasteiger partial charge in [0, 0.05) is 19.6 Å². The molecule has 0 bridgehead atoms. The third-order valence-electron chi connectivity index (χ3n) is 3.40. The summed E-state index contributed by atoms with van der Waals surface area (Å²) in [6, 6.07) is 8.24. The molecule has 1 aliphatic heterocycles. The number of hydrogen-bond donors (Lipinski definition) is 0. The van der Waals surface area contributed by atoms with E-state index in [0.717, 1.165) is 38.4 Å². The molecule has 3 heteroatoms. The molecular formula is C16H25NO2. The highest BCUT2D eigenvalue weighted by Gasteiger charge is 2.21. The highest BCUT2D eigenvalue weighted by molar-refractivity contribution is 5.26. The summed E-state index contributed by atoms with van der Waals surface area (Å²) in [7, 11) is 0. The van der Waals surface area contributed by atoms with E-state index in [9.17, 15) is 0 Å². The Hall–Kier alpha value is -1.06. The van der Waals surface area contributed by atoms with Crippen molar-refractivity contribution < 1.29 is 9.47 Å². The SMILES string of the molecule is Cc1ccc(OCCCN2CC(C)OC(C)C2)cc1. The summed E-state index contributed by atoms with van der Waals surface area (Å²) < 4.78 is 11.5. The summed E-state index contributed by atoms with van der Waals surface area (Å²) in [4.78, 5) is 2.47. The highest BCUT2D eigenvalue weighted by atomic mass is 16.5. The first kappa shape index (κ1) is 14.4. The van der Waals surface area contributed by atoms with Crippen LogP contribution in [-0.2, 0) is 4.74 Å². The van der Waals surface area contributed by atoms with Gasteiger partial charge in [0.1, 0.15) is 5.75 Å². The molecule has 2 atom stereocenters. The number of nitrogens with zero attached hydrogens (tertiary/aromatic N) is 1. The van der Waals surface area contributed by atoms with E-state index in [1.165, 1.54) is 5.56 Å². The Kier molecular flexibility index (Phi) is 5.23. The normalized spacial score (nSPS) is 24.4. The summed E-state index contributed by atoms with van der Waals surface area (Å²) in [5.41, 5.74) is 1.27. The van der Waals surface area contributed by atoms with Crippen LogP contribution in [0.3, 0.4) is 0 Å². The minimum absolute atomic E-state index is 0.349. The Morgan fingerprint density at radius 2 is 1.79 bits per heavy atom. The van der Waals surface area contributed by atoms with E-state index < -0.39 is 0 Å². The van der Waals surface area contributed by atoms with Gasteiger partial charge in [0.15, 0.2) is 0 Å². The molecule has 1 fully saturated rings. The standard InChI is InChI=1S/C16H25NO2/c1-13-5-7-16(8-6-13)18-10-4-9-17-11-14(2)19-15(3)12-17/h5-8,14-15H,4,9-12H2,1-3H3. The van der Waals surface area contributed by atoms with E-state index in [-0.39, 0.29) is 0 Å². The monoisotopic (exact) mass is 263 g/mol. The molecule has 2 unspecified atom stereocenters. The molecular weight excluding hydrogens is 238 g/mol. The van der Waals surface area contributed by atoms with Crippen molar-refractivity contribution in [2.45, 2.75) is 39.4 Å². The van der Waals surface area contributed by atoms with Gasteiger partial charge in [-0.15, -0.1) is 0 Å². The van der Waals surface area contributed by atoms with E-state index in [0.29, 0.717) is 12.2 Å². The Labute approximate surface area is 116 Å². The largest absolute Gasteiger partial charge is 0.494 e. The molecule has 3 nitrogen and oxygen atoms in total. The van der Waals surface area contributed by atoms with Crippen molar-refractivity contribution >= 4 is 0 Å². The van der Waals surface area contributed by atoms with Gasteiger partial charge >= 0.3 is 0 Å². The minimum atomic E-state index is 0.349. The van der Waals surface area contributed by atoms with Gasteiger partial charge < -0.3 is 9.47 Å². The number of aryl methyl sites for hydroxylation is 1. The van der Waals surface area contributed by atoms with Crippen LogP contribution in [-0.4, -0.2) is 43.3 Å². The molecule has 1 saturated heterocycles. The second-order valence-corrected chi connectivity index (χ2v) is 5.53. The molecule has 0 radical (unpaired) electrons. The molecule has 1 aromatic rings. The van der Waals surface area contributed by atoms with Gasteiger partial charge in [-0.25, -0.2) is 0 Å². The Balaban J connectivity index is 1.65. The van der Waals surface area contributed by atoms with Gasteiger partial charge in [0.2, 0.25) is 0 Å². The topological polar surface area (TPSA) is 21.7 Å². The fourth-order valence-corrected chi connectivity index (χ4v) is 2.58. The second-order valence-electron chi connectivity index (χ2n) is 5.53. The van der Waals surface area contributed by atoms with Crippen molar-refractivity contribution in [1.82, 2.24) is 4.90 Å². The van der Waals surface area contributed by atoms with Crippen molar-refractivity contribution in [1.29, 1.82) is 0 Å². The zero-order chi connectivity index (χ0) is 13.7. The third kappa shape index (κ3) is 4.84. The van der Waals surface area contributed by atoms with Crippen molar-refractivity contribution in [3.63, 3.8) is 0 Å². The van der Waals surface area contributed by atoms with E-state index in [2.05, 4.69) is 37.8 Å². The lowest BCUT2D eigenvalue weighted by atomic mass is 10.2. The smallest absolute Gasteiger partial charge is 0.119 e. The number of morpholine rings is 1. The number of hydrogen-bond acceptors (Lipinski definition) is 3. The maximum atomic E-state index is 5.75. The van der Waals surface area contributed by atoms with Crippen LogP contribution in [0.1, 0.15) is 25.8 Å². The summed E-state index contributed by atoms with van der Waals surface area (Å²) >= 11 is 0. The van der Waals surface area contributed by atoms with Crippen LogP contribution in [0.5, 0.6) is 5.75 Å². The zero-order valence-electron chi connectivity index (χ0n) is 12.3. The average molecular weight is 263 g/mol. The van der Waals surface area contributed by atoms with Crippen LogP contribution in [0.4, 0.5) is 0 Å². The maximum absolute atomic E-state index is 5.75. The number of rotatable bonds is 5. The van der Waals surface area contributed by atoms with E-state index in [1.807, 2.05) is 12.1 Å². The summed E-state index contributed by atoms with van der Waals surface area (Å²) in [6.45, 7) is 10.3. The molecule has 0 aliphatic carbocycles. The lowest BCUT2D eigenvalue weighted by Gasteiger charge is -2.35. The van der Waals surface area contributed by atoms with Crippen molar-refractivity contribution in [2.24, 2.45) is 0 Å². The Morgan fingerprint density at radius 1 is 1.16 bits per heavy atom. The van der Waals surface area contributed by atoms with Crippen LogP contribution < -0.4 is 4.74 Å². The molecule has 2 rings (SSSR count). The first-order chi connectivity index (χ1) is 9.13. The maximum Gasteiger partial charge on any atom is 0.119 e. The molecule has 1 aliphatic rings. The Morgan fingerprint density at radius 3 is 2.42 bits per heavy atom. The third-order valence-corrected chi connectivity index (χ3v) is 3.40. The highest BCUT2D eigenvalue weighted by Crippen LogP contribution is 2.13. The summed E-state index contributed by atoms with van der Waals surface area (Å²) in [5, 5.41) is 0. The molecule has 0 amide bonds. The van der Waals surface area contributed by atoms with Gasteiger partial charge in [-0.3, -0.25) is 4.90 Å². The molecule has 1 heterocycles. The predicted octanol–water partition coefficient (Wildman–Crippen LogP) is 2.87. The minimum Gasteiger partial charge on any atom is -0.494 e.